The third-order valence-corrected chi connectivity index (χ3v) is 4.32. The van der Waals surface area contributed by atoms with Crippen LogP contribution < -0.4 is 4.72 Å². The van der Waals surface area contributed by atoms with Crippen LogP contribution in [0.1, 0.15) is 5.69 Å². The highest BCUT2D eigenvalue weighted by Gasteiger charge is 2.14. The van der Waals surface area contributed by atoms with E-state index in [-0.39, 0.29) is 5.82 Å². The van der Waals surface area contributed by atoms with Crippen LogP contribution in [-0.4, -0.2) is 23.2 Å². The number of hydrogen-bond acceptors (Lipinski definition) is 4. The molecule has 0 unspecified atom stereocenters. The minimum absolute atomic E-state index is 0.217. The van der Waals surface area contributed by atoms with Gasteiger partial charge in [-0.2, -0.15) is 0 Å². The Bertz CT molecular complexity index is 962. The lowest BCUT2D eigenvalue weighted by molar-refractivity contribution is 0.609. The second-order valence-electron chi connectivity index (χ2n) is 5.16. The van der Waals surface area contributed by atoms with E-state index in [1.54, 1.807) is 16.9 Å². The van der Waals surface area contributed by atoms with Crippen molar-refractivity contribution in [2.75, 3.05) is 4.72 Å². The molecule has 0 saturated heterocycles. The van der Waals surface area contributed by atoms with Crippen molar-refractivity contribution in [3.05, 3.63) is 72.4 Å². The first-order chi connectivity index (χ1) is 11.5. The summed E-state index contributed by atoms with van der Waals surface area (Å²) in [6.45, 7) is 5.19. The zero-order valence-electron chi connectivity index (χ0n) is 13.0. The molecule has 6 nitrogen and oxygen atoms in total. The van der Waals surface area contributed by atoms with Crippen LogP contribution in [0.2, 0.25) is 0 Å². The van der Waals surface area contributed by atoms with Crippen molar-refractivity contribution >= 4 is 15.8 Å². The van der Waals surface area contributed by atoms with Gasteiger partial charge in [0.2, 0.25) is 0 Å². The summed E-state index contributed by atoms with van der Waals surface area (Å²) in [7, 11) is -3.62. The van der Waals surface area contributed by atoms with Gasteiger partial charge in [-0.05, 0) is 19.1 Å². The minimum Gasteiger partial charge on any atom is -0.262 e. The van der Waals surface area contributed by atoms with E-state index in [4.69, 9.17) is 0 Å². The van der Waals surface area contributed by atoms with E-state index in [0.717, 1.165) is 28.0 Å². The van der Waals surface area contributed by atoms with Gasteiger partial charge in [0.1, 0.15) is 0 Å². The summed E-state index contributed by atoms with van der Waals surface area (Å²) in [5.41, 5.74) is 3.29. The van der Waals surface area contributed by atoms with Crippen molar-refractivity contribution in [3.63, 3.8) is 0 Å². The van der Waals surface area contributed by atoms with Crippen molar-refractivity contribution in [1.29, 1.82) is 0 Å². The lowest BCUT2D eigenvalue weighted by Gasteiger charge is -2.07. The summed E-state index contributed by atoms with van der Waals surface area (Å²) in [6.07, 6.45) is 1.69. The minimum atomic E-state index is -3.62. The highest BCUT2D eigenvalue weighted by atomic mass is 32.2. The number of sulfonamides is 1. The molecule has 3 aromatic rings. The number of hydrogen-bond donors (Lipinski definition) is 1. The lowest BCUT2D eigenvalue weighted by Crippen LogP contribution is -2.09. The third-order valence-electron chi connectivity index (χ3n) is 3.39. The van der Waals surface area contributed by atoms with Gasteiger partial charge in [0, 0.05) is 22.7 Å². The van der Waals surface area contributed by atoms with E-state index < -0.39 is 10.0 Å². The molecule has 0 amide bonds. The smallest absolute Gasteiger partial charge is 0.255 e. The predicted molar refractivity (Wildman–Crippen MR) is 94.3 cm³/mol. The Labute approximate surface area is 140 Å². The van der Waals surface area contributed by atoms with Crippen LogP contribution in [0.25, 0.3) is 16.9 Å². The van der Waals surface area contributed by atoms with Gasteiger partial charge >= 0.3 is 0 Å². The van der Waals surface area contributed by atoms with E-state index in [1.807, 2.05) is 49.4 Å². The van der Waals surface area contributed by atoms with Crippen molar-refractivity contribution in [1.82, 2.24) is 14.8 Å². The first-order valence-corrected chi connectivity index (χ1v) is 8.77. The molecule has 3 rings (SSSR count). The molecule has 0 fully saturated rings. The zero-order valence-corrected chi connectivity index (χ0v) is 13.9. The topological polar surface area (TPSA) is 76.9 Å². The standard InChI is InChI=1S/C17H16N4O2S/c1-3-24(22,23)20-17-11-16(14-7-5-4-6-8-14)21(19-17)15-10-9-13(2)18-12-15/h3-12H,1H2,2H3,(H,19,20). The van der Waals surface area contributed by atoms with Gasteiger partial charge in [-0.3, -0.25) is 9.71 Å². The molecule has 0 radical (unpaired) electrons. The number of aromatic nitrogens is 3. The fourth-order valence-electron chi connectivity index (χ4n) is 2.22. The van der Waals surface area contributed by atoms with Gasteiger partial charge in [-0.15, -0.1) is 5.10 Å². The van der Waals surface area contributed by atoms with Gasteiger partial charge in [-0.25, -0.2) is 13.1 Å². The van der Waals surface area contributed by atoms with Crippen molar-refractivity contribution < 1.29 is 8.42 Å². The van der Waals surface area contributed by atoms with E-state index in [1.165, 1.54) is 0 Å². The molecule has 0 aliphatic rings. The largest absolute Gasteiger partial charge is 0.262 e. The lowest BCUT2D eigenvalue weighted by atomic mass is 10.1. The first-order valence-electron chi connectivity index (χ1n) is 7.22. The van der Waals surface area contributed by atoms with E-state index >= 15 is 0 Å². The van der Waals surface area contributed by atoms with Crippen LogP contribution in [0.15, 0.2) is 66.7 Å². The third kappa shape index (κ3) is 3.36. The quantitative estimate of drug-likeness (QED) is 0.774. The molecule has 1 N–H and O–H groups in total. The Morgan fingerprint density at radius 2 is 1.92 bits per heavy atom. The van der Waals surface area contributed by atoms with Crippen molar-refractivity contribution in [2.24, 2.45) is 0 Å². The number of nitrogens with zero attached hydrogens (tertiary/aromatic N) is 3. The van der Waals surface area contributed by atoms with E-state index in [2.05, 4.69) is 21.4 Å². The molecule has 122 valence electrons. The number of anilines is 1. The second-order valence-corrected chi connectivity index (χ2v) is 6.79. The van der Waals surface area contributed by atoms with Crippen molar-refractivity contribution in [2.45, 2.75) is 6.92 Å². The average Bonchev–Trinajstić information content (AvgIpc) is 2.99. The van der Waals surface area contributed by atoms with Crippen LogP contribution in [0.4, 0.5) is 5.82 Å². The second kappa shape index (κ2) is 6.29. The Hall–Kier alpha value is -2.93. The van der Waals surface area contributed by atoms with Crippen LogP contribution in [0.3, 0.4) is 0 Å². The van der Waals surface area contributed by atoms with Crippen LogP contribution >= 0.6 is 0 Å². The Kier molecular flexibility index (Phi) is 4.18. The molecule has 1 aromatic carbocycles. The summed E-state index contributed by atoms with van der Waals surface area (Å²) < 4.78 is 27.5. The molecule has 2 heterocycles. The van der Waals surface area contributed by atoms with Crippen LogP contribution in [0.5, 0.6) is 0 Å². The van der Waals surface area contributed by atoms with Gasteiger partial charge in [-0.1, -0.05) is 36.9 Å². The fourth-order valence-corrected chi connectivity index (χ4v) is 2.69. The van der Waals surface area contributed by atoms with Crippen LogP contribution in [0, 0.1) is 6.92 Å². The molecule has 0 atom stereocenters. The zero-order chi connectivity index (χ0) is 17.2. The Morgan fingerprint density at radius 1 is 1.17 bits per heavy atom. The van der Waals surface area contributed by atoms with Gasteiger partial charge in [0.25, 0.3) is 10.0 Å². The molecule has 0 aliphatic carbocycles. The Morgan fingerprint density at radius 3 is 2.54 bits per heavy atom. The summed E-state index contributed by atoms with van der Waals surface area (Å²) in [4.78, 5) is 4.27. The molecule has 0 aliphatic heterocycles. The maximum absolute atomic E-state index is 11.7. The van der Waals surface area contributed by atoms with Crippen LogP contribution in [-0.2, 0) is 10.0 Å². The number of rotatable bonds is 5. The maximum atomic E-state index is 11.7. The molecule has 0 saturated carbocycles. The highest BCUT2D eigenvalue weighted by molar-refractivity contribution is 7.95. The number of benzene rings is 1. The van der Waals surface area contributed by atoms with E-state index in [0.29, 0.717) is 0 Å². The fraction of sp³-hybridized carbons (Fsp3) is 0.0588. The number of pyridine rings is 1. The highest BCUT2D eigenvalue weighted by Crippen LogP contribution is 2.26. The summed E-state index contributed by atoms with van der Waals surface area (Å²) in [5.74, 6) is 0.217. The molecular weight excluding hydrogens is 324 g/mol. The summed E-state index contributed by atoms with van der Waals surface area (Å²) in [5, 5.41) is 5.21. The Balaban J connectivity index is 2.13. The van der Waals surface area contributed by atoms with Gasteiger partial charge < -0.3 is 0 Å². The van der Waals surface area contributed by atoms with Crippen molar-refractivity contribution in [3.8, 4) is 16.9 Å². The SMILES string of the molecule is C=CS(=O)(=O)Nc1cc(-c2ccccc2)n(-c2ccc(C)nc2)n1. The molecule has 24 heavy (non-hydrogen) atoms. The van der Waals surface area contributed by atoms with E-state index in [9.17, 15) is 8.42 Å². The predicted octanol–water partition coefficient (Wildman–Crippen LogP) is 3.13. The molecule has 2 aromatic heterocycles. The molecular formula is C17H16N4O2S. The average molecular weight is 340 g/mol. The molecule has 7 heteroatoms. The summed E-state index contributed by atoms with van der Waals surface area (Å²) in [6, 6.07) is 15.0. The normalized spacial score (nSPS) is 11.2. The maximum Gasteiger partial charge on any atom is 0.255 e. The summed E-state index contributed by atoms with van der Waals surface area (Å²) >= 11 is 0. The monoisotopic (exact) mass is 340 g/mol. The number of aryl methyl sites for hydroxylation is 1. The first kappa shape index (κ1) is 15.9. The van der Waals surface area contributed by atoms with Gasteiger partial charge in [0.15, 0.2) is 5.82 Å². The number of nitrogens with one attached hydrogen (secondary N) is 1. The van der Waals surface area contributed by atoms with Gasteiger partial charge in [0.05, 0.1) is 17.6 Å². The molecule has 0 bridgehead atoms. The molecule has 0 spiro atoms.